The number of hydrogen-bond donors (Lipinski definition) is 2. The molecule has 4 aromatic heterocycles. The number of aromatic amines is 2. The molecule has 1 saturated heterocycles. The highest BCUT2D eigenvalue weighted by molar-refractivity contribution is 5.96. The lowest BCUT2D eigenvalue weighted by Crippen LogP contribution is -2.44. The summed E-state index contributed by atoms with van der Waals surface area (Å²) >= 11 is 0. The van der Waals surface area contributed by atoms with Gasteiger partial charge in [0, 0.05) is 43.3 Å². The molecular weight excluding hydrogens is 416 g/mol. The number of pyridine rings is 2. The van der Waals surface area contributed by atoms with Crippen LogP contribution in [0, 0.1) is 0 Å². The monoisotopic (exact) mass is 440 g/mol. The van der Waals surface area contributed by atoms with Crippen LogP contribution < -0.4 is 9.64 Å². The van der Waals surface area contributed by atoms with Crippen molar-refractivity contribution >= 4 is 27.6 Å². The minimum atomic E-state index is 0.690. The number of anilines is 1. The van der Waals surface area contributed by atoms with Gasteiger partial charge in [0.15, 0.2) is 5.82 Å². The van der Waals surface area contributed by atoms with Crippen molar-refractivity contribution in [3.8, 4) is 28.5 Å². The van der Waals surface area contributed by atoms with Crippen molar-refractivity contribution < 1.29 is 4.74 Å². The van der Waals surface area contributed by atoms with E-state index in [1.807, 2.05) is 12.1 Å². The van der Waals surface area contributed by atoms with Crippen molar-refractivity contribution in [3.63, 3.8) is 0 Å². The smallest absolute Gasteiger partial charge is 0.159 e. The van der Waals surface area contributed by atoms with E-state index in [9.17, 15) is 0 Å². The lowest BCUT2D eigenvalue weighted by atomic mass is 10.1. The van der Waals surface area contributed by atoms with E-state index in [4.69, 9.17) is 9.72 Å². The highest BCUT2D eigenvalue weighted by Crippen LogP contribution is 2.32. The van der Waals surface area contributed by atoms with Gasteiger partial charge in [-0.25, -0.2) is 4.98 Å². The van der Waals surface area contributed by atoms with E-state index in [-0.39, 0.29) is 0 Å². The fraction of sp³-hybridized carbons (Fsp3) is 0.250. The molecule has 5 aromatic rings. The number of likely N-dealkylation sites (N-methyl/N-ethyl adjacent to an activating group) is 1. The molecule has 33 heavy (non-hydrogen) atoms. The molecule has 5 heterocycles. The Morgan fingerprint density at radius 1 is 1.00 bits per heavy atom. The fourth-order valence-electron chi connectivity index (χ4n) is 4.36. The quantitative estimate of drug-likeness (QED) is 0.442. The van der Waals surface area contributed by atoms with Gasteiger partial charge < -0.3 is 19.5 Å². The number of H-pyrrole nitrogens is 2. The van der Waals surface area contributed by atoms with Gasteiger partial charge in [0.05, 0.1) is 41.9 Å². The van der Waals surface area contributed by atoms with E-state index in [1.54, 1.807) is 25.7 Å². The van der Waals surface area contributed by atoms with Gasteiger partial charge in [-0.05, 0) is 31.3 Å². The van der Waals surface area contributed by atoms with Gasteiger partial charge in [0.25, 0.3) is 0 Å². The molecule has 0 saturated carbocycles. The van der Waals surface area contributed by atoms with Gasteiger partial charge in [-0.3, -0.25) is 15.1 Å². The standard InChI is InChI=1S/C24H24N8O/c1-31-6-8-32(9-7-31)21-5-3-4-18-23(21)28-24(27-18)22-17-11-19(26-14-20(17)29-30-22)15-10-16(33-2)13-25-12-15/h3-5,10-14H,6-9H2,1-2H3,(H,27,28)(H,29,30). The number of rotatable bonds is 4. The number of hydrogen-bond acceptors (Lipinski definition) is 7. The maximum atomic E-state index is 5.31. The van der Waals surface area contributed by atoms with Gasteiger partial charge in [0.2, 0.25) is 0 Å². The summed E-state index contributed by atoms with van der Waals surface area (Å²) < 4.78 is 5.31. The first-order valence-corrected chi connectivity index (χ1v) is 11.0. The van der Waals surface area contributed by atoms with Gasteiger partial charge in [-0.1, -0.05) is 6.07 Å². The number of para-hydroxylation sites is 1. The van der Waals surface area contributed by atoms with Gasteiger partial charge in [-0.2, -0.15) is 5.10 Å². The van der Waals surface area contributed by atoms with E-state index in [0.29, 0.717) is 5.75 Å². The molecule has 0 spiro atoms. The van der Waals surface area contributed by atoms with Crippen molar-refractivity contribution in [2.24, 2.45) is 0 Å². The Bertz CT molecular complexity index is 1450. The first kappa shape index (κ1) is 19.7. The molecule has 6 rings (SSSR count). The first-order valence-electron chi connectivity index (χ1n) is 11.0. The van der Waals surface area contributed by atoms with E-state index < -0.39 is 0 Å². The third kappa shape index (κ3) is 3.46. The number of aromatic nitrogens is 6. The van der Waals surface area contributed by atoms with E-state index in [1.165, 1.54) is 0 Å². The molecule has 1 aliphatic rings. The number of fused-ring (bicyclic) bond motifs is 2. The molecule has 9 nitrogen and oxygen atoms in total. The number of methoxy groups -OCH3 is 1. The van der Waals surface area contributed by atoms with E-state index in [0.717, 1.165) is 76.6 Å². The third-order valence-electron chi connectivity index (χ3n) is 6.25. The number of nitrogens with one attached hydrogen (secondary N) is 2. The average Bonchev–Trinajstić information content (AvgIpc) is 3.48. The first-order chi connectivity index (χ1) is 16.2. The molecule has 0 aliphatic carbocycles. The highest BCUT2D eigenvalue weighted by Gasteiger charge is 2.20. The van der Waals surface area contributed by atoms with Crippen LogP contribution in [-0.4, -0.2) is 75.4 Å². The van der Waals surface area contributed by atoms with Crippen LogP contribution in [0.25, 0.3) is 44.7 Å². The van der Waals surface area contributed by atoms with Crippen LogP contribution >= 0.6 is 0 Å². The maximum Gasteiger partial charge on any atom is 0.159 e. The van der Waals surface area contributed by atoms with Crippen LogP contribution in [0.4, 0.5) is 5.69 Å². The molecule has 9 heteroatoms. The summed E-state index contributed by atoms with van der Waals surface area (Å²) in [5.74, 6) is 1.43. The zero-order valence-electron chi connectivity index (χ0n) is 18.5. The zero-order chi connectivity index (χ0) is 22.4. The summed E-state index contributed by atoms with van der Waals surface area (Å²) in [7, 11) is 3.79. The topological polar surface area (TPSA) is 98.9 Å². The average molecular weight is 441 g/mol. The lowest BCUT2D eigenvalue weighted by Gasteiger charge is -2.34. The van der Waals surface area contributed by atoms with Gasteiger partial charge in [-0.15, -0.1) is 0 Å². The fourth-order valence-corrected chi connectivity index (χ4v) is 4.36. The summed E-state index contributed by atoms with van der Waals surface area (Å²) in [6.07, 6.45) is 5.25. The summed E-state index contributed by atoms with van der Waals surface area (Å²) in [6.45, 7) is 4.08. The Kier molecular flexibility index (Phi) is 4.69. The molecule has 0 unspecified atom stereocenters. The molecule has 2 N–H and O–H groups in total. The molecule has 1 aromatic carbocycles. The Labute approximate surface area is 190 Å². The van der Waals surface area contributed by atoms with E-state index in [2.05, 4.69) is 60.2 Å². The minimum absolute atomic E-state index is 0.690. The number of piperazine rings is 1. The number of benzene rings is 1. The van der Waals surface area contributed by atoms with Crippen molar-refractivity contribution in [1.82, 2.24) is 35.0 Å². The molecule has 0 atom stereocenters. The van der Waals surface area contributed by atoms with E-state index >= 15 is 0 Å². The summed E-state index contributed by atoms with van der Waals surface area (Å²) in [5.41, 5.74) is 6.43. The maximum absolute atomic E-state index is 5.31. The molecule has 0 amide bonds. The Morgan fingerprint density at radius 2 is 1.88 bits per heavy atom. The Balaban J connectivity index is 1.43. The SMILES string of the molecule is COc1cncc(-c2cc3c(-c4nc5c(N6CCN(C)CC6)cccc5[nH]4)n[nH]c3cn2)c1. The van der Waals surface area contributed by atoms with Crippen LogP contribution in [0.1, 0.15) is 0 Å². The highest BCUT2D eigenvalue weighted by atomic mass is 16.5. The largest absolute Gasteiger partial charge is 0.495 e. The van der Waals surface area contributed by atoms with Crippen LogP contribution in [0.2, 0.25) is 0 Å². The van der Waals surface area contributed by atoms with Crippen LogP contribution in [0.5, 0.6) is 5.75 Å². The van der Waals surface area contributed by atoms with Gasteiger partial charge in [0.1, 0.15) is 17.0 Å². The Morgan fingerprint density at radius 3 is 2.73 bits per heavy atom. The number of ether oxygens (including phenoxy) is 1. The molecule has 0 radical (unpaired) electrons. The van der Waals surface area contributed by atoms with Gasteiger partial charge >= 0.3 is 0 Å². The Hall–Kier alpha value is -3.98. The normalized spacial score (nSPS) is 14.9. The molecule has 1 aliphatic heterocycles. The third-order valence-corrected chi connectivity index (χ3v) is 6.25. The molecule has 0 bridgehead atoms. The zero-order valence-corrected chi connectivity index (χ0v) is 18.5. The summed E-state index contributed by atoms with van der Waals surface area (Å²) in [6, 6.07) is 10.2. The van der Waals surface area contributed by atoms with Crippen LogP contribution in [0.3, 0.4) is 0 Å². The second kappa shape index (κ2) is 7.86. The minimum Gasteiger partial charge on any atom is -0.495 e. The predicted molar refractivity (Wildman–Crippen MR) is 128 cm³/mol. The molecule has 166 valence electrons. The molecule has 1 fully saturated rings. The van der Waals surface area contributed by atoms with Crippen LogP contribution in [-0.2, 0) is 0 Å². The second-order valence-corrected chi connectivity index (χ2v) is 8.35. The van der Waals surface area contributed by atoms with Crippen molar-refractivity contribution in [1.29, 1.82) is 0 Å². The predicted octanol–water partition coefficient (Wildman–Crippen LogP) is 3.32. The van der Waals surface area contributed by atoms with Crippen molar-refractivity contribution in [2.45, 2.75) is 0 Å². The van der Waals surface area contributed by atoms with Crippen molar-refractivity contribution in [3.05, 3.63) is 48.9 Å². The summed E-state index contributed by atoms with van der Waals surface area (Å²) in [5, 5.41) is 8.60. The van der Waals surface area contributed by atoms with Crippen molar-refractivity contribution in [2.75, 3.05) is 45.2 Å². The van der Waals surface area contributed by atoms with Crippen LogP contribution in [0.15, 0.2) is 48.9 Å². The summed E-state index contributed by atoms with van der Waals surface area (Å²) in [4.78, 5) is 22.0. The molecular formula is C24H24N8O. The number of imidazole rings is 1. The second-order valence-electron chi connectivity index (χ2n) is 8.35. The lowest BCUT2D eigenvalue weighted by molar-refractivity contribution is 0.313. The number of nitrogens with zero attached hydrogens (tertiary/aromatic N) is 6.